The van der Waals surface area contributed by atoms with Gasteiger partial charge in [-0.25, -0.2) is 0 Å². The third-order valence-electron chi connectivity index (χ3n) is 6.09. The van der Waals surface area contributed by atoms with Crippen LogP contribution < -0.4 is 9.47 Å². The molecule has 0 N–H and O–H groups in total. The quantitative estimate of drug-likeness (QED) is 0.820. The average Bonchev–Trinajstić information content (AvgIpc) is 3.17. The highest BCUT2D eigenvalue weighted by Gasteiger charge is 2.53. The summed E-state index contributed by atoms with van der Waals surface area (Å²) >= 11 is 0. The molecule has 3 aliphatic carbocycles. The third kappa shape index (κ3) is 2.01. The lowest BCUT2D eigenvalue weighted by Gasteiger charge is -2.31. The van der Waals surface area contributed by atoms with Gasteiger partial charge in [-0.15, -0.1) is 0 Å². The Labute approximate surface area is 121 Å². The first-order valence-corrected chi connectivity index (χ1v) is 8.12. The molecule has 0 aromatic heterocycles. The molecule has 0 aliphatic heterocycles. The highest BCUT2D eigenvalue weighted by atomic mass is 16.5. The van der Waals surface area contributed by atoms with Gasteiger partial charge >= 0.3 is 0 Å². The zero-order valence-electron chi connectivity index (χ0n) is 12.3. The second-order valence-electron chi connectivity index (χ2n) is 6.90. The van der Waals surface area contributed by atoms with E-state index in [1.807, 2.05) is 24.3 Å². The summed E-state index contributed by atoms with van der Waals surface area (Å²) in [6, 6.07) is 7.99. The number of benzene rings is 1. The SMILES string of the molecule is COc1ccc(OCC2CC3CC2C2CCCC32)cc1. The first kappa shape index (κ1) is 12.6. The Bertz CT molecular complexity index is 467. The van der Waals surface area contributed by atoms with Crippen molar-refractivity contribution in [2.24, 2.45) is 29.6 Å². The molecule has 5 unspecified atom stereocenters. The summed E-state index contributed by atoms with van der Waals surface area (Å²) in [4.78, 5) is 0. The van der Waals surface area contributed by atoms with Crippen LogP contribution in [-0.2, 0) is 0 Å². The Morgan fingerprint density at radius 1 is 0.950 bits per heavy atom. The fourth-order valence-corrected chi connectivity index (χ4v) is 5.28. The van der Waals surface area contributed by atoms with Gasteiger partial charge in [-0.2, -0.15) is 0 Å². The fraction of sp³-hybridized carbons (Fsp3) is 0.667. The lowest BCUT2D eigenvalue weighted by atomic mass is 9.76. The molecule has 2 heteroatoms. The van der Waals surface area contributed by atoms with E-state index in [9.17, 15) is 0 Å². The first-order chi connectivity index (χ1) is 9.85. The van der Waals surface area contributed by atoms with E-state index in [0.717, 1.165) is 47.7 Å². The summed E-state index contributed by atoms with van der Waals surface area (Å²) in [7, 11) is 1.70. The van der Waals surface area contributed by atoms with Crippen molar-refractivity contribution in [2.45, 2.75) is 32.1 Å². The van der Waals surface area contributed by atoms with E-state index in [0.29, 0.717) is 0 Å². The minimum atomic E-state index is 0.807. The highest BCUT2D eigenvalue weighted by Crippen LogP contribution is 2.60. The van der Waals surface area contributed by atoms with Gasteiger partial charge in [0.2, 0.25) is 0 Å². The fourth-order valence-electron chi connectivity index (χ4n) is 5.28. The van der Waals surface area contributed by atoms with E-state index >= 15 is 0 Å². The Morgan fingerprint density at radius 2 is 1.70 bits per heavy atom. The molecule has 1 aromatic rings. The van der Waals surface area contributed by atoms with Crippen LogP contribution in [0.5, 0.6) is 11.5 Å². The van der Waals surface area contributed by atoms with E-state index in [-0.39, 0.29) is 0 Å². The number of fused-ring (bicyclic) bond motifs is 5. The monoisotopic (exact) mass is 272 g/mol. The van der Waals surface area contributed by atoms with E-state index in [4.69, 9.17) is 9.47 Å². The summed E-state index contributed by atoms with van der Waals surface area (Å²) in [5.41, 5.74) is 0. The summed E-state index contributed by atoms with van der Waals surface area (Å²) in [6.07, 6.45) is 7.39. The van der Waals surface area contributed by atoms with Gasteiger partial charge in [0.1, 0.15) is 11.5 Å². The molecule has 0 amide bonds. The van der Waals surface area contributed by atoms with Crippen molar-refractivity contribution in [3.05, 3.63) is 24.3 Å². The summed E-state index contributed by atoms with van der Waals surface area (Å²) in [6.45, 7) is 0.913. The molecule has 1 aromatic carbocycles. The molecule has 4 rings (SSSR count). The molecule has 20 heavy (non-hydrogen) atoms. The van der Waals surface area contributed by atoms with Crippen LogP contribution in [0.25, 0.3) is 0 Å². The molecule has 2 bridgehead atoms. The van der Waals surface area contributed by atoms with Crippen molar-refractivity contribution in [1.29, 1.82) is 0 Å². The van der Waals surface area contributed by atoms with Crippen LogP contribution >= 0.6 is 0 Å². The van der Waals surface area contributed by atoms with Gasteiger partial charge in [-0.05, 0) is 79.5 Å². The minimum Gasteiger partial charge on any atom is -0.497 e. The van der Waals surface area contributed by atoms with Crippen molar-refractivity contribution in [1.82, 2.24) is 0 Å². The molecule has 5 atom stereocenters. The Balaban J connectivity index is 1.36. The lowest BCUT2D eigenvalue weighted by Crippen LogP contribution is -2.28. The van der Waals surface area contributed by atoms with Crippen LogP contribution in [0, 0.1) is 29.6 Å². The maximum atomic E-state index is 6.03. The molecule has 3 aliphatic rings. The van der Waals surface area contributed by atoms with Gasteiger partial charge in [-0.1, -0.05) is 6.42 Å². The van der Waals surface area contributed by atoms with Gasteiger partial charge in [-0.3, -0.25) is 0 Å². The van der Waals surface area contributed by atoms with E-state index in [1.165, 1.54) is 32.1 Å². The second kappa shape index (κ2) is 4.98. The van der Waals surface area contributed by atoms with Crippen molar-refractivity contribution in [2.75, 3.05) is 13.7 Å². The van der Waals surface area contributed by atoms with Crippen LogP contribution in [0.4, 0.5) is 0 Å². The van der Waals surface area contributed by atoms with Crippen LogP contribution in [-0.4, -0.2) is 13.7 Å². The number of hydrogen-bond donors (Lipinski definition) is 0. The molecule has 3 fully saturated rings. The maximum Gasteiger partial charge on any atom is 0.119 e. The van der Waals surface area contributed by atoms with Crippen molar-refractivity contribution in [3.63, 3.8) is 0 Å². The van der Waals surface area contributed by atoms with E-state index in [2.05, 4.69) is 0 Å². The summed E-state index contributed by atoms with van der Waals surface area (Å²) < 4.78 is 11.2. The minimum absolute atomic E-state index is 0.807. The second-order valence-corrected chi connectivity index (χ2v) is 6.90. The van der Waals surface area contributed by atoms with Crippen molar-refractivity contribution < 1.29 is 9.47 Å². The summed E-state index contributed by atoms with van der Waals surface area (Å²) in [5, 5.41) is 0. The van der Waals surface area contributed by atoms with Crippen molar-refractivity contribution >= 4 is 0 Å². The third-order valence-corrected chi connectivity index (χ3v) is 6.09. The normalized spacial score (nSPS) is 38.0. The van der Waals surface area contributed by atoms with E-state index < -0.39 is 0 Å². The molecule has 3 saturated carbocycles. The predicted molar refractivity (Wildman–Crippen MR) is 79.0 cm³/mol. The van der Waals surface area contributed by atoms with E-state index in [1.54, 1.807) is 7.11 Å². The van der Waals surface area contributed by atoms with Gasteiger partial charge in [0.05, 0.1) is 13.7 Å². The molecule has 108 valence electrons. The van der Waals surface area contributed by atoms with Gasteiger partial charge in [0.15, 0.2) is 0 Å². The zero-order valence-corrected chi connectivity index (χ0v) is 12.3. The number of hydrogen-bond acceptors (Lipinski definition) is 2. The average molecular weight is 272 g/mol. The molecular weight excluding hydrogens is 248 g/mol. The molecule has 0 spiro atoms. The van der Waals surface area contributed by atoms with Gasteiger partial charge in [0.25, 0.3) is 0 Å². The summed E-state index contributed by atoms with van der Waals surface area (Å²) in [5.74, 6) is 6.79. The van der Waals surface area contributed by atoms with Crippen LogP contribution in [0.1, 0.15) is 32.1 Å². The first-order valence-electron chi connectivity index (χ1n) is 8.12. The van der Waals surface area contributed by atoms with Crippen LogP contribution in [0.15, 0.2) is 24.3 Å². The number of ether oxygens (including phenoxy) is 2. The Hall–Kier alpha value is -1.18. The van der Waals surface area contributed by atoms with Crippen LogP contribution in [0.3, 0.4) is 0 Å². The molecule has 2 nitrogen and oxygen atoms in total. The Kier molecular flexibility index (Phi) is 3.13. The maximum absolute atomic E-state index is 6.03. The predicted octanol–water partition coefficient (Wildman–Crippen LogP) is 4.15. The molecule has 0 heterocycles. The molecule has 0 saturated heterocycles. The topological polar surface area (TPSA) is 18.5 Å². The van der Waals surface area contributed by atoms with Crippen molar-refractivity contribution in [3.8, 4) is 11.5 Å². The smallest absolute Gasteiger partial charge is 0.119 e. The zero-order chi connectivity index (χ0) is 13.5. The largest absolute Gasteiger partial charge is 0.497 e. The van der Waals surface area contributed by atoms with Crippen LogP contribution in [0.2, 0.25) is 0 Å². The molecular formula is C18H24O2. The molecule has 0 radical (unpaired) electrons. The number of methoxy groups -OCH3 is 1. The lowest BCUT2D eigenvalue weighted by molar-refractivity contribution is 0.132. The highest BCUT2D eigenvalue weighted by molar-refractivity contribution is 5.31. The number of rotatable bonds is 4. The van der Waals surface area contributed by atoms with Gasteiger partial charge in [0, 0.05) is 0 Å². The standard InChI is InChI=1S/C18H24O2/c1-19-14-5-7-15(8-6-14)20-11-13-9-12-10-18(13)17-4-2-3-16(12)17/h5-8,12-13,16-18H,2-4,9-11H2,1H3. The Morgan fingerprint density at radius 3 is 2.50 bits per heavy atom. The van der Waals surface area contributed by atoms with Gasteiger partial charge < -0.3 is 9.47 Å².